The molecule has 17 heavy (non-hydrogen) atoms. The summed E-state index contributed by atoms with van der Waals surface area (Å²) in [4.78, 5) is 22.7. The molecule has 2 heterocycles. The average molecular weight is 250 g/mol. The van der Waals surface area contributed by atoms with Gasteiger partial charge in [-0.15, -0.1) is 11.3 Å². The highest BCUT2D eigenvalue weighted by atomic mass is 32.1. The van der Waals surface area contributed by atoms with Gasteiger partial charge in [-0.2, -0.15) is 0 Å². The van der Waals surface area contributed by atoms with Crippen molar-refractivity contribution in [3.05, 3.63) is 33.0 Å². The molecular formula is C11H14N4OS. The van der Waals surface area contributed by atoms with E-state index in [1.807, 2.05) is 5.38 Å². The number of aromatic nitrogens is 3. The van der Waals surface area contributed by atoms with E-state index in [9.17, 15) is 4.79 Å². The molecule has 0 aliphatic heterocycles. The van der Waals surface area contributed by atoms with Crippen molar-refractivity contribution in [1.82, 2.24) is 20.3 Å². The summed E-state index contributed by atoms with van der Waals surface area (Å²) in [6.07, 6.45) is 0. The molecule has 0 aromatic carbocycles. The largest absolute Gasteiger partial charge is 0.309 e. The van der Waals surface area contributed by atoms with E-state index in [1.165, 1.54) is 17.4 Å². The highest BCUT2D eigenvalue weighted by Gasteiger charge is 2.05. The van der Waals surface area contributed by atoms with Gasteiger partial charge in [-0.3, -0.25) is 4.79 Å². The second-order valence-corrected chi connectivity index (χ2v) is 4.71. The van der Waals surface area contributed by atoms with Crippen LogP contribution >= 0.6 is 11.3 Å². The lowest BCUT2D eigenvalue weighted by Gasteiger charge is -2.07. The second kappa shape index (κ2) is 5.20. The van der Waals surface area contributed by atoms with Crippen LogP contribution in [0.2, 0.25) is 0 Å². The molecule has 0 aliphatic rings. The van der Waals surface area contributed by atoms with Gasteiger partial charge in [0.1, 0.15) is 5.69 Å². The Morgan fingerprint density at radius 1 is 1.53 bits per heavy atom. The maximum absolute atomic E-state index is 11.5. The van der Waals surface area contributed by atoms with E-state index in [0.717, 1.165) is 5.69 Å². The molecule has 0 aliphatic carbocycles. The van der Waals surface area contributed by atoms with Crippen molar-refractivity contribution in [2.45, 2.75) is 26.4 Å². The third kappa shape index (κ3) is 3.21. The highest BCUT2D eigenvalue weighted by molar-refractivity contribution is 7.07. The van der Waals surface area contributed by atoms with Crippen LogP contribution in [0, 0.1) is 0 Å². The zero-order valence-electron chi connectivity index (χ0n) is 9.73. The Morgan fingerprint density at radius 3 is 3.00 bits per heavy atom. The first kappa shape index (κ1) is 11.9. The van der Waals surface area contributed by atoms with Crippen LogP contribution in [0.15, 0.2) is 21.8 Å². The minimum absolute atomic E-state index is 0.149. The summed E-state index contributed by atoms with van der Waals surface area (Å²) in [5.41, 5.74) is 3.00. The van der Waals surface area contributed by atoms with Crippen molar-refractivity contribution in [1.29, 1.82) is 0 Å². The molecule has 2 rings (SSSR count). The fourth-order valence-corrected chi connectivity index (χ4v) is 1.89. The number of nitrogens with zero attached hydrogens (tertiary/aromatic N) is 2. The molecular weight excluding hydrogens is 236 g/mol. The molecule has 0 bridgehead atoms. The number of rotatable bonds is 4. The maximum atomic E-state index is 11.5. The number of thiazole rings is 1. The summed E-state index contributed by atoms with van der Waals surface area (Å²) >= 11 is 1.48. The molecule has 5 nitrogen and oxygen atoms in total. The summed E-state index contributed by atoms with van der Waals surface area (Å²) in [7, 11) is 0. The lowest BCUT2D eigenvalue weighted by Crippen LogP contribution is -2.24. The van der Waals surface area contributed by atoms with Crippen LogP contribution in [0.4, 0.5) is 0 Å². The Labute approximate surface area is 103 Å². The van der Waals surface area contributed by atoms with Crippen LogP contribution in [0.1, 0.15) is 19.5 Å². The lowest BCUT2D eigenvalue weighted by molar-refractivity contribution is 0.580. The average Bonchev–Trinajstić information content (AvgIpc) is 2.79. The fraction of sp³-hybridized carbons (Fsp3) is 0.364. The monoisotopic (exact) mass is 250 g/mol. The van der Waals surface area contributed by atoms with E-state index in [4.69, 9.17) is 0 Å². The lowest BCUT2D eigenvalue weighted by atomic mass is 10.3. The Balaban J connectivity index is 2.27. The van der Waals surface area contributed by atoms with Crippen molar-refractivity contribution < 1.29 is 0 Å². The predicted octanol–water partition coefficient (Wildman–Crippen LogP) is 1.39. The number of hydrogen-bond donors (Lipinski definition) is 2. The molecule has 0 spiro atoms. The molecule has 0 atom stereocenters. The molecule has 2 aromatic heterocycles. The number of H-pyrrole nitrogens is 1. The second-order valence-electron chi connectivity index (χ2n) is 3.99. The molecule has 2 N–H and O–H groups in total. The number of aromatic amines is 1. The highest BCUT2D eigenvalue weighted by Crippen LogP contribution is 2.12. The summed E-state index contributed by atoms with van der Waals surface area (Å²) in [5, 5.41) is 5.09. The van der Waals surface area contributed by atoms with Crippen molar-refractivity contribution in [3.8, 4) is 11.5 Å². The molecule has 0 radical (unpaired) electrons. The molecule has 0 saturated carbocycles. The Morgan fingerprint density at radius 2 is 2.35 bits per heavy atom. The van der Waals surface area contributed by atoms with Gasteiger partial charge in [0.2, 0.25) is 0 Å². The van der Waals surface area contributed by atoms with Gasteiger partial charge >= 0.3 is 0 Å². The summed E-state index contributed by atoms with van der Waals surface area (Å²) in [6, 6.07) is 1.87. The smallest absolute Gasteiger partial charge is 0.251 e. The maximum Gasteiger partial charge on any atom is 0.251 e. The minimum Gasteiger partial charge on any atom is -0.309 e. The molecule has 0 fully saturated rings. The molecule has 90 valence electrons. The summed E-state index contributed by atoms with van der Waals surface area (Å²) < 4.78 is 0. The summed E-state index contributed by atoms with van der Waals surface area (Å²) in [5.74, 6) is 0.527. The van der Waals surface area contributed by atoms with E-state index in [2.05, 4.69) is 34.1 Å². The van der Waals surface area contributed by atoms with E-state index in [1.54, 1.807) is 5.51 Å². The normalized spacial score (nSPS) is 11.0. The summed E-state index contributed by atoms with van der Waals surface area (Å²) in [6.45, 7) is 4.68. The minimum atomic E-state index is -0.149. The van der Waals surface area contributed by atoms with Gasteiger partial charge in [-0.25, -0.2) is 9.97 Å². The van der Waals surface area contributed by atoms with Crippen LogP contribution in [-0.4, -0.2) is 21.0 Å². The van der Waals surface area contributed by atoms with Gasteiger partial charge in [0.25, 0.3) is 5.56 Å². The van der Waals surface area contributed by atoms with Crippen LogP contribution < -0.4 is 10.9 Å². The van der Waals surface area contributed by atoms with Crippen molar-refractivity contribution in [2.75, 3.05) is 0 Å². The van der Waals surface area contributed by atoms with E-state index >= 15 is 0 Å². The Bertz CT molecular complexity index is 533. The molecule has 0 unspecified atom stereocenters. The van der Waals surface area contributed by atoms with Gasteiger partial charge in [0, 0.05) is 24.0 Å². The van der Waals surface area contributed by atoms with Gasteiger partial charge in [0.05, 0.1) is 11.2 Å². The predicted molar refractivity (Wildman–Crippen MR) is 67.9 cm³/mol. The molecule has 2 aromatic rings. The zero-order valence-corrected chi connectivity index (χ0v) is 10.5. The Hall–Kier alpha value is -1.53. The topological polar surface area (TPSA) is 70.7 Å². The Kier molecular flexibility index (Phi) is 3.65. The first-order chi connectivity index (χ1) is 8.15. The van der Waals surface area contributed by atoms with Gasteiger partial charge in [-0.05, 0) is 0 Å². The quantitative estimate of drug-likeness (QED) is 0.860. The van der Waals surface area contributed by atoms with Crippen molar-refractivity contribution >= 4 is 11.3 Å². The third-order valence-electron chi connectivity index (χ3n) is 2.16. The van der Waals surface area contributed by atoms with Crippen LogP contribution in [0.3, 0.4) is 0 Å². The standard InChI is InChI=1S/C11H14N4OS/c1-7(2)12-4-8-3-10(16)15-11(14-8)9-5-17-6-13-9/h3,5-7,12H,4H2,1-2H3,(H,14,15,16). The van der Waals surface area contributed by atoms with E-state index in [-0.39, 0.29) is 5.56 Å². The number of hydrogen-bond acceptors (Lipinski definition) is 5. The van der Waals surface area contributed by atoms with Gasteiger partial charge < -0.3 is 10.3 Å². The number of nitrogens with one attached hydrogen (secondary N) is 2. The van der Waals surface area contributed by atoms with Crippen molar-refractivity contribution in [3.63, 3.8) is 0 Å². The van der Waals surface area contributed by atoms with Crippen LogP contribution in [0.25, 0.3) is 11.5 Å². The van der Waals surface area contributed by atoms with Crippen LogP contribution in [0.5, 0.6) is 0 Å². The van der Waals surface area contributed by atoms with Crippen LogP contribution in [-0.2, 0) is 6.54 Å². The first-order valence-electron chi connectivity index (χ1n) is 5.37. The first-order valence-corrected chi connectivity index (χ1v) is 6.31. The van der Waals surface area contributed by atoms with E-state index < -0.39 is 0 Å². The molecule has 0 amide bonds. The van der Waals surface area contributed by atoms with Gasteiger partial charge in [-0.1, -0.05) is 13.8 Å². The molecule has 6 heteroatoms. The van der Waals surface area contributed by atoms with E-state index in [0.29, 0.717) is 24.1 Å². The van der Waals surface area contributed by atoms with Crippen molar-refractivity contribution in [2.24, 2.45) is 0 Å². The SMILES string of the molecule is CC(C)NCc1cc(=O)[nH]c(-c2cscn2)n1. The fourth-order valence-electron chi connectivity index (χ4n) is 1.36. The van der Waals surface area contributed by atoms with Gasteiger partial charge in [0.15, 0.2) is 5.82 Å². The third-order valence-corrected chi connectivity index (χ3v) is 2.75. The zero-order chi connectivity index (χ0) is 12.3. The molecule has 0 saturated heterocycles.